The van der Waals surface area contributed by atoms with E-state index in [0.717, 1.165) is 6.07 Å². The lowest BCUT2D eigenvalue weighted by Gasteiger charge is -2.07. The van der Waals surface area contributed by atoms with Crippen molar-refractivity contribution in [2.75, 3.05) is 19.8 Å². The van der Waals surface area contributed by atoms with Crippen LogP contribution in [0.4, 0.5) is 4.39 Å². The first-order valence-corrected chi connectivity index (χ1v) is 6.99. The van der Waals surface area contributed by atoms with E-state index in [1.165, 1.54) is 18.2 Å². The number of sulfonamides is 1. The summed E-state index contributed by atoms with van der Waals surface area (Å²) in [5.41, 5.74) is 0. The van der Waals surface area contributed by atoms with Crippen LogP contribution in [0.1, 0.15) is 6.42 Å². The van der Waals surface area contributed by atoms with Gasteiger partial charge < -0.3 is 4.74 Å². The van der Waals surface area contributed by atoms with Gasteiger partial charge in [0.1, 0.15) is 10.7 Å². The third-order valence-corrected chi connectivity index (χ3v) is 3.63. The Hall–Kier alpha value is -1.24. The Labute approximate surface area is 107 Å². The number of rotatable bonds is 8. The van der Waals surface area contributed by atoms with E-state index in [4.69, 9.17) is 4.74 Å². The fourth-order valence-corrected chi connectivity index (χ4v) is 2.35. The molecule has 1 aromatic carbocycles. The maximum Gasteiger partial charge on any atom is 0.243 e. The van der Waals surface area contributed by atoms with Gasteiger partial charge in [0.25, 0.3) is 0 Å². The highest BCUT2D eigenvalue weighted by molar-refractivity contribution is 7.89. The minimum Gasteiger partial charge on any atom is -0.380 e. The van der Waals surface area contributed by atoms with Crippen molar-refractivity contribution in [3.05, 3.63) is 42.7 Å². The average Bonchev–Trinajstić information content (AvgIpc) is 2.34. The molecule has 0 unspecified atom stereocenters. The Morgan fingerprint density at radius 1 is 1.33 bits per heavy atom. The molecule has 0 aliphatic carbocycles. The Morgan fingerprint density at radius 3 is 2.72 bits per heavy atom. The van der Waals surface area contributed by atoms with Gasteiger partial charge in [-0.2, -0.15) is 0 Å². The quantitative estimate of drug-likeness (QED) is 0.579. The molecule has 0 aliphatic heterocycles. The third kappa shape index (κ3) is 4.56. The summed E-state index contributed by atoms with van der Waals surface area (Å²) >= 11 is 0. The molecule has 0 saturated carbocycles. The smallest absolute Gasteiger partial charge is 0.243 e. The van der Waals surface area contributed by atoms with Crippen molar-refractivity contribution < 1.29 is 17.5 Å². The molecule has 0 aliphatic rings. The summed E-state index contributed by atoms with van der Waals surface area (Å²) in [5.74, 6) is -0.766. The molecule has 18 heavy (non-hydrogen) atoms. The molecule has 0 saturated heterocycles. The van der Waals surface area contributed by atoms with E-state index in [-0.39, 0.29) is 18.0 Å². The van der Waals surface area contributed by atoms with Gasteiger partial charge in [-0.15, -0.1) is 6.58 Å². The molecule has 100 valence electrons. The Morgan fingerprint density at radius 2 is 2.06 bits per heavy atom. The normalized spacial score (nSPS) is 11.4. The summed E-state index contributed by atoms with van der Waals surface area (Å²) in [6.45, 7) is 4.37. The fourth-order valence-electron chi connectivity index (χ4n) is 1.26. The van der Waals surface area contributed by atoms with E-state index in [0.29, 0.717) is 13.0 Å². The zero-order valence-corrected chi connectivity index (χ0v) is 10.7. The standard InChI is InChI=1S/C12H16FNO3S/c1-2-3-9-17-10-8-14-18(15,16)12-7-5-4-6-11(12)13/h2,4-7,14H,1,3,8-10H2. The molecule has 1 rings (SSSR count). The fraction of sp³-hybridized carbons (Fsp3) is 0.333. The van der Waals surface area contributed by atoms with Crippen molar-refractivity contribution >= 4 is 10.0 Å². The number of benzene rings is 1. The molecule has 0 spiro atoms. The minimum atomic E-state index is -3.81. The Kier molecular flexibility index (Phi) is 5.97. The average molecular weight is 273 g/mol. The Bertz CT molecular complexity index is 488. The summed E-state index contributed by atoms with van der Waals surface area (Å²) in [5, 5.41) is 0. The van der Waals surface area contributed by atoms with Crippen LogP contribution in [0.25, 0.3) is 0 Å². The van der Waals surface area contributed by atoms with Gasteiger partial charge in [0.2, 0.25) is 10.0 Å². The first-order chi connectivity index (χ1) is 8.58. The maximum absolute atomic E-state index is 13.3. The molecular formula is C12H16FNO3S. The minimum absolute atomic E-state index is 0.105. The summed E-state index contributed by atoms with van der Waals surface area (Å²) in [4.78, 5) is -0.351. The second-order valence-corrected chi connectivity index (χ2v) is 5.25. The van der Waals surface area contributed by atoms with Gasteiger partial charge in [-0.3, -0.25) is 0 Å². The summed E-state index contributed by atoms with van der Waals surface area (Å²) < 4.78 is 44.2. The van der Waals surface area contributed by atoms with Gasteiger partial charge in [0.15, 0.2) is 0 Å². The van der Waals surface area contributed by atoms with E-state index in [1.807, 2.05) is 0 Å². The van der Waals surface area contributed by atoms with Gasteiger partial charge in [0, 0.05) is 6.54 Å². The second-order valence-electron chi connectivity index (χ2n) is 3.52. The first kappa shape index (κ1) is 14.8. The van der Waals surface area contributed by atoms with Gasteiger partial charge in [-0.1, -0.05) is 18.2 Å². The molecule has 0 fully saturated rings. The largest absolute Gasteiger partial charge is 0.380 e. The van der Waals surface area contributed by atoms with Crippen LogP contribution in [0.2, 0.25) is 0 Å². The van der Waals surface area contributed by atoms with Crippen molar-refractivity contribution in [3.8, 4) is 0 Å². The molecule has 6 heteroatoms. The highest BCUT2D eigenvalue weighted by Crippen LogP contribution is 2.12. The number of nitrogens with one attached hydrogen (secondary N) is 1. The van der Waals surface area contributed by atoms with Crippen LogP contribution in [0.15, 0.2) is 41.8 Å². The van der Waals surface area contributed by atoms with Crippen LogP contribution in [0.5, 0.6) is 0 Å². The molecule has 0 amide bonds. The summed E-state index contributed by atoms with van der Waals surface area (Å²) in [6, 6.07) is 5.23. The Balaban J connectivity index is 2.46. The molecule has 0 atom stereocenters. The lowest BCUT2D eigenvalue weighted by molar-refractivity contribution is 0.144. The number of ether oxygens (including phenoxy) is 1. The van der Waals surface area contributed by atoms with Gasteiger partial charge in [-0.25, -0.2) is 17.5 Å². The van der Waals surface area contributed by atoms with E-state index < -0.39 is 15.8 Å². The topological polar surface area (TPSA) is 55.4 Å². The number of halogens is 1. The second kappa shape index (κ2) is 7.25. The molecule has 0 heterocycles. The molecule has 0 radical (unpaired) electrons. The number of hydrogen-bond acceptors (Lipinski definition) is 3. The third-order valence-electron chi connectivity index (χ3n) is 2.13. The predicted molar refractivity (Wildman–Crippen MR) is 67.2 cm³/mol. The zero-order valence-electron chi connectivity index (χ0n) is 9.93. The van der Waals surface area contributed by atoms with Crippen molar-refractivity contribution in [2.45, 2.75) is 11.3 Å². The summed E-state index contributed by atoms with van der Waals surface area (Å²) in [6.07, 6.45) is 2.42. The molecular weight excluding hydrogens is 257 g/mol. The van der Waals surface area contributed by atoms with Crippen LogP contribution in [-0.4, -0.2) is 28.2 Å². The number of hydrogen-bond donors (Lipinski definition) is 1. The van der Waals surface area contributed by atoms with Crippen LogP contribution in [0.3, 0.4) is 0 Å². The van der Waals surface area contributed by atoms with E-state index >= 15 is 0 Å². The molecule has 1 aromatic rings. The highest BCUT2D eigenvalue weighted by atomic mass is 32.2. The lowest BCUT2D eigenvalue weighted by atomic mass is 10.4. The van der Waals surface area contributed by atoms with Gasteiger partial charge >= 0.3 is 0 Å². The van der Waals surface area contributed by atoms with Crippen molar-refractivity contribution in [1.82, 2.24) is 4.72 Å². The zero-order chi connectivity index (χ0) is 13.4. The van der Waals surface area contributed by atoms with E-state index in [9.17, 15) is 12.8 Å². The van der Waals surface area contributed by atoms with Crippen LogP contribution in [0, 0.1) is 5.82 Å². The van der Waals surface area contributed by atoms with Crippen molar-refractivity contribution in [2.24, 2.45) is 0 Å². The van der Waals surface area contributed by atoms with Crippen molar-refractivity contribution in [1.29, 1.82) is 0 Å². The van der Waals surface area contributed by atoms with E-state index in [1.54, 1.807) is 6.08 Å². The monoisotopic (exact) mass is 273 g/mol. The van der Waals surface area contributed by atoms with Crippen molar-refractivity contribution in [3.63, 3.8) is 0 Å². The highest BCUT2D eigenvalue weighted by Gasteiger charge is 2.17. The first-order valence-electron chi connectivity index (χ1n) is 5.51. The SMILES string of the molecule is C=CCCOCCNS(=O)(=O)c1ccccc1F. The molecule has 0 aromatic heterocycles. The maximum atomic E-state index is 13.3. The molecule has 0 bridgehead atoms. The van der Waals surface area contributed by atoms with Gasteiger partial charge in [0.05, 0.1) is 13.2 Å². The van der Waals surface area contributed by atoms with Crippen LogP contribution < -0.4 is 4.72 Å². The van der Waals surface area contributed by atoms with Gasteiger partial charge in [-0.05, 0) is 18.6 Å². The van der Waals surface area contributed by atoms with Crippen LogP contribution in [-0.2, 0) is 14.8 Å². The molecule has 4 nitrogen and oxygen atoms in total. The summed E-state index contributed by atoms with van der Waals surface area (Å²) in [7, 11) is -3.81. The van der Waals surface area contributed by atoms with E-state index in [2.05, 4.69) is 11.3 Å². The molecule has 1 N–H and O–H groups in total. The lowest BCUT2D eigenvalue weighted by Crippen LogP contribution is -2.28. The predicted octanol–water partition coefficient (Wildman–Crippen LogP) is 1.70. The van der Waals surface area contributed by atoms with Crippen LogP contribution >= 0.6 is 0 Å².